The van der Waals surface area contributed by atoms with E-state index in [4.69, 9.17) is 10.8 Å². The minimum Gasteiger partial charge on any atom is -0.396 e. The molecule has 1 rings (SSSR count). The van der Waals surface area contributed by atoms with Crippen molar-refractivity contribution in [1.82, 2.24) is 0 Å². The quantitative estimate of drug-likeness (QED) is 0.814. The topological polar surface area (TPSA) is 46.2 Å². The van der Waals surface area contributed by atoms with Gasteiger partial charge in [0.05, 0.1) is 5.56 Å². The highest BCUT2D eigenvalue weighted by molar-refractivity contribution is 5.30. The van der Waals surface area contributed by atoms with Gasteiger partial charge in [0.2, 0.25) is 0 Å². The molecule has 0 heterocycles. The molecule has 0 saturated heterocycles. The Morgan fingerprint density at radius 1 is 1.26 bits per heavy atom. The van der Waals surface area contributed by atoms with E-state index in [0.717, 1.165) is 12.1 Å². The number of hydrogen-bond donors (Lipinski definition) is 2. The molecule has 0 amide bonds. The van der Waals surface area contributed by atoms with Crippen molar-refractivity contribution in [2.45, 2.75) is 37.9 Å². The molecular weight excluding hydrogens is 262 g/mol. The maximum absolute atomic E-state index is 13.3. The van der Waals surface area contributed by atoms with Crippen molar-refractivity contribution in [1.29, 1.82) is 0 Å². The minimum atomic E-state index is -4.60. The predicted octanol–water partition coefficient (Wildman–Crippen LogP) is 3.05. The molecule has 1 aromatic carbocycles. The Morgan fingerprint density at radius 3 is 2.37 bits per heavy atom. The van der Waals surface area contributed by atoms with Crippen LogP contribution in [0.25, 0.3) is 0 Å². The van der Waals surface area contributed by atoms with Crippen molar-refractivity contribution in [3.63, 3.8) is 0 Å². The van der Waals surface area contributed by atoms with Crippen LogP contribution in [0.1, 0.15) is 36.8 Å². The third kappa shape index (κ3) is 4.18. The standard InChI is InChI=1S/C13H17F4NO/c1-2-12(18)11(3-4-19)8-5-9(13(15,16)17)7-10(14)6-8/h5-7,11-12,19H,2-4,18H2,1H3. The summed E-state index contributed by atoms with van der Waals surface area (Å²) in [5, 5.41) is 8.97. The zero-order valence-electron chi connectivity index (χ0n) is 10.5. The summed E-state index contributed by atoms with van der Waals surface area (Å²) in [6.07, 6.45) is -3.87. The second-order valence-corrected chi connectivity index (χ2v) is 4.46. The summed E-state index contributed by atoms with van der Waals surface area (Å²) in [5.74, 6) is -1.44. The Labute approximate surface area is 109 Å². The smallest absolute Gasteiger partial charge is 0.396 e. The Morgan fingerprint density at radius 2 is 1.89 bits per heavy atom. The second-order valence-electron chi connectivity index (χ2n) is 4.46. The van der Waals surface area contributed by atoms with E-state index in [1.165, 1.54) is 0 Å². The van der Waals surface area contributed by atoms with Gasteiger partial charge in [-0.3, -0.25) is 0 Å². The molecule has 0 fully saturated rings. The number of nitrogens with two attached hydrogens (primary N) is 1. The summed E-state index contributed by atoms with van der Waals surface area (Å²) in [7, 11) is 0. The summed E-state index contributed by atoms with van der Waals surface area (Å²) in [6, 6.07) is 1.98. The highest BCUT2D eigenvalue weighted by atomic mass is 19.4. The molecular formula is C13H17F4NO. The first-order chi connectivity index (χ1) is 8.79. The third-order valence-electron chi connectivity index (χ3n) is 3.10. The Bertz CT molecular complexity index is 420. The van der Waals surface area contributed by atoms with Crippen molar-refractivity contribution >= 4 is 0 Å². The van der Waals surface area contributed by atoms with Crippen LogP contribution in [0.5, 0.6) is 0 Å². The van der Waals surface area contributed by atoms with Gasteiger partial charge in [0.25, 0.3) is 0 Å². The van der Waals surface area contributed by atoms with E-state index in [0.29, 0.717) is 12.5 Å². The van der Waals surface area contributed by atoms with Gasteiger partial charge < -0.3 is 10.8 Å². The van der Waals surface area contributed by atoms with Crippen LogP contribution in [0.4, 0.5) is 17.6 Å². The predicted molar refractivity (Wildman–Crippen MR) is 64.1 cm³/mol. The zero-order chi connectivity index (χ0) is 14.6. The molecule has 6 heteroatoms. The van der Waals surface area contributed by atoms with Crippen molar-refractivity contribution in [2.24, 2.45) is 5.73 Å². The number of aliphatic hydroxyl groups excluding tert-OH is 1. The van der Waals surface area contributed by atoms with Crippen LogP contribution in [0, 0.1) is 5.82 Å². The van der Waals surface area contributed by atoms with Gasteiger partial charge in [0, 0.05) is 18.6 Å². The van der Waals surface area contributed by atoms with E-state index in [-0.39, 0.29) is 18.6 Å². The fourth-order valence-corrected chi connectivity index (χ4v) is 2.04. The number of benzene rings is 1. The van der Waals surface area contributed by atoms with E-state index < -0.39 is 29.5 Å². The van der Waals surface area contributed by atoms with E-state index in [2.05, 4.69) is 0 Å². The van der Waals surface area contributed by atoms with E-state index >= 15 is 0 Å². The monoisotopic (exact) mass is 279 g/mol. The fourth-order valence-electron chi connectivity index (χ4n) is 2.04. The van der Waals surface area contributed by atoms with Crippen molar-refractivity contribution in [3.8, 4) is 0 Å². The molecule has 3 N–H and O–H groups in total. The largest absolute Gasteiger partial charge is 0.416 e. The summed E-state index contributed by atoms with van der Waals surface area (Å²) in [6.45, 7) is 1.58. The Hall–Kier alpha value is -1.14. The van der Waals surface area contributed by atoms with Gasteiger partial charge in [-0.05, 0) is 36.6 Å². The lowest BCUT2D eigenvalue weighted by Crippen LogP contribution is -2.28. The average molecular weight is 279 g/mol. The van der Waals surface area contributed by atoms with Crippen LogP contribution in [0.3, 0.4) is 0 Å². The molecule has 0 spiro atoms. The van der Waals surface area contributed by atoms with E-state index in [1.54, 1.807) is 6.92 Å². The maximum Gasteiger partial charge on any atom is 0.416 e. The lowest BCUT2D eigenvalue weighted by atomic mass is 9.87. The van der Waals surface area contributed by atoms with Gasteiger partial charge in [-0.2, -0.15) is 13.2 Å². The summed E-state index contributed by atoms with van der Waals surface area (Å²) >= 11 is 0. The number of halogens is 4. The number of aliphatic hydroxyl groups is 1. The van der Waals surface area contributed by atoms with E-state index in [9.17, 15) is 17.6 Å². The van der Waals surface area contributed by atoms with E-state index in [1.807, 2.05) is 0 Å². The molecule has 2 atom stereocenters. The molecule has 0 aliphatic carbocycles. The van der Waals surface area contributed by atoms with Gasteiger partial charge in [0.15, 0.2) is 0 Å². The Balaban J connectivity index is 3.19. The van der Waals surface area contributed by atoms with Crippen LogP contribution >= 0.6 is 0 Å². The van der Waals surface area contributed by atoms with Gasteiger partial charge in [-0.25, -0.2) is 4.39 Å². The zero-order valence-corrected chi connectivity index (χ0v) is 10.5. The lowest BCUT2D eigenvalue weighted by Gasteiger charge is -2.23. The lowest BCUT2D eigenvalue weighted by molar-refractivity contribution is -0.137. The molecule has 0 aliphatic rings. The highest BCUT2D eigenvalue weighted by Gasteiger charge is 2.32. The number of hydrogen-bond acceptors (Lipinski definition) is 2. The van der Waals surface area contributed by atoms with Crippen molar-refractivity contribution < 1.29 is 22.7 Å². The summed E-state index contributed by atoms with van der Waals surface area (Å²) in [4.78, 5) is 0. The first-order valence-electron chi connectivity index (χ1n) is 6.03. The van der Waals surface area contributed by atoms with Gasteiger partial charge in [-0.1, -0.05) is 6.92 Å². The van der Waals surface area contributed by atoms with Crippen LogP contribution in [-0.2, 0) is 6.18 Å². The van der Waals surface area contributed by atoms with Crippen LogP contribution in [-0.4, -0.2) is 17.8 Å². The molecule has 1 aromatic rings. The maximum atomic E-state index is 13.3. The number of alkyl halides is 3. The molecule has 0 saturated carbocycles. The molecule has 0 radical (unpaired) electrons. The van der Waals surface area contributed by atoms with Crippen LogP contribution in [0.15, 0.2) is 18.2 Å². The molecule has 0 aromatic heterocycles. The second kappa shape index (κ2) is 6.34. The normalized spacial score (nSPS) is 15.3. The van der Waals surface area contributed by atoms with Crippen LogP contribution in [0.2, 0.25) is 0 Å². The first-order valence-corrected chi connectivity index (χ1v) is 6.03. The van der Waals surface area contributed by atoms with Crippen LogP contribution < -0.4 is 5.73 Å². The molecule has 19 heavy (non-hydrogen) atoms. The third-order valence-corrected chi connectivity index (χ3v) is 3.10. The average Bonchev–Trinajstić information content (AvgIpc) is 2.33. The SMILES string of the molecule is CCC(N)C(CCO)c1cc(F)cc(C(F)(F)F)c1. The molecule has 108 valence electrons. The van der Waals surface area contributed by atoms with Gasteiger partial charge >= 0.3 is 6.18 Å². The number of rotatable bonds is 5. The van der Waals surface area contributed by atoms with Gasteiger partial charge in [0.1, 0.15) is 5.82 Å². The van der Waals surface area contributed by atoms with Crippen molar-refractivity contribution in [2.75, 3.05) is 6.61 Å². The summed E-state index contributed by atoms with van der Waals surface area (Å²) in [5.41, 5.74) is 4.97. The molecule has 0 aliphatic heterocycles. The first kappa shape index (κ1) is 15.9. The van der Waals surface area contributed by atoms with Gasteiger partial charge in [-0.15, -0.1) is 0 Å². The minimum absolute atomic E-state index is 0.177. The molecule has 0 bridgehead atoms. The molecule has 2 nitrogen and oxygen atoms in total. The van der Waals surface area contributed by atoms with Crippen molar-refractivity contribution in [3.05, 3.63) is 35.1 Å². The Kier molecular flexibility index (Phi) is 5.31. The highest BCUT2D eigenvalue weighted by Crippen LogP contribution is 2.33. The molecule has 2 unspecified atom stereocenters. The summed E-state index contributed by atoms with van der Waals surface area (Å²) < 4.78 is 51.2. The fraction of sp³-hybridized carbons (Fsp3) is 0.538.